The zero-order valence-corrected chi connectivity index (χ0v) is 14.6. The van der Waals surface area contributed by atoms with Gasteiger partial charge in [0.25, 0.3) is 11.1 Å². The van der Waals surface area contributed by atoms with Crippen molar-refractivity contribution >= 4 is 62.2 Å². The van der Waals surface area contributed by atoms with E-state index < -0.39 is 17.0 Å². The molecule has 2 amide bonds. The summed E-state index contributed by atoms with van der Waals surface area (Å²) in [6.45, 7) is 0. The van der Waals surface area contributed by atoms with Gasteiger partial charge in [0.1, 0.15) is 5.82 Å². The molecule has 2 aromatic carbocycles. The highest BCUT2D eigenvalue weighted by molar-refractivity contribution is 9.10. The van der Waals surface area contributed by atoms with E-state index >= 15 is 0 Å². The lowest BCUT2D eigenvalue weighted by Crippen LogP contribution is -2.27. The molecule has 116 valence electrons. The molecule has 1 aliphatic rings. The van der Waals surface area contributed by atoms with Crippen LogP contribution in [0.5, 0.6) is 0 Å². The zero-order valence-electron chi connectivity index (χ0n) is 11.4. The van der Waals surface area contributed by atoms with E-state index in [1.165, 1.54) is 12.1 Å². The van der Waals surface area contributed by atoms with Crippen LogP contribution in [0.4, 0.5) is 14.9 Å². The third kappa shape index (κ3) is 3.34. The Morgan fingerprint density at radius 1 is 1.17 bits per heavy atom. The van der Waals surface area contributed by atoms with Crippen LogP contribution < -0.4 is 4.90 Å². The molecule has 0 atom stereocenters. The van der Waals surface area contributed by atoms with Crippen molar-refractivity contribution in [2.24, 2.45) is 0 Å². The summed E-state index contributed by atoms with van der Waals surface area (Å²) in [5, 5.41) is -0.587. The van der Waals surface area contributed by atoms with Crippen molar-refractivity contribution in [2.45, 2.75) is 0 Å². The van der Waals surface area contributed by atoms with Crippen LogP contribution in [0.25, 0.3) is 6.08 Å². The number of halogens is 3. The van der Waals surface area contributed by atoms with E-state index in [0.717, 1.165) is 32.8 Å². The van der Waals surface area contributed by atoms with Gasteiger partial charge in [-0.1, -0.05) is 39.7 Å². The van der Waals surface area contributed by atoms with Crippen molar-refractivity contribution in [3.8, 4) is 0 Å². The summed E-state index contributed by atoms with van der Waals surface area (Å²) in [6, 6.07) is 11.1. The fraction of sp³-hybridized carbons (Fsp3) is 0. The highest BCUT2D eigenvalue weighted by atomic mass is 79.9. The van der Waals surface area contributed by atoms with Gasteiger partial charge in [-0.05, 0) is 53.7 Å². The first kappa shape index (κ1) is 16.2. The molecule has 1 fully saturated rings. The maximum Gasteiger partial charge on any atom is 0.298 e. The van der Waals surface area contributed by atoms with Crippen molar-refractivity contribution in [2.75, 3.05) is 4.90 Å². The molecule has 1 heterocycles. The van der Waals surface area contributed by atoms with Crippen molar-refractivity contribution in [3.05, 3.63) is 68.2 Å². The van der Waals surface area contributed by atoms with E-state index in [1.807, 2.05) is 24.3 Å². The molecule has 7 heteroatoms. The SMILES string of the molecule is O=C1S/C(=C\c2cccc(Br)c2)C(=O)N1c1ccc(F)c(Cl)c1. The van der Waals surface area contributed by atoms with E-state index in [0.29, 0.717) is 4.91 Å². The van der Waals surface area contributed by atoms with Crippen LogP contribution in [-0.2, 0) is 4.79 Å². The highest BCUT2D eigenvalue weighted by Gasteiger charge is 2.36. The van der Waals surface area contributed by atoms with Crippen molar-refractivity contribution in [3.63, 3.8) is 0 Å². The number of amides is 2. The number of rotatable bonds is 2. The van der Waals surface area contributed by atoms with Crippen LogP contribution in [0.15, 0.2) is 51.8 Å². The van der Waals surface area contributed by atoms with Crippen LogP contribution in [0.2, 0.25) is 5.02 Å². The van der Waals surface area contributed by atoms with Gasteiger partial charge in [-0.25, -0.2) is 9.29 Å². The highest BCUT2D eigenvalue weighted by Crippen LogP contribution is 2.36. The first-order valence-corrected chi connectivity index (χ1v) is 8.43. The Bertz CT molecular complexity index is 856. The van der Waals surface area contributed by atoms with Crippen molar-refractivity contribution in [1.29, 1.82) is 0 Å². The minimum absolute atomic E-state index is 0.141. The summed E-state index contributed by atoms with van der Waals surface area (Å²) in [4.78, 5) is 25.9. The molecule has 0 unspecified atom stereocenters. The molecule has 23 heavy (non-hydrogen) atoms. The second-order valence-electron chi connectivity index (χ2n) is 4.67. The number of carbonyl (C=O) groups is 2. The van der Waals surface area contributed by atoms with Crippen LogP contribution in [0.3, 0.4) is 0 Å². The van der Waals surface area contributed by atoms with Crippen LogP contribution >= 0.6 is 39.3 Å². The summed E-state index contributed by atoms with van der Waals surface area (Å²) in [5.74, 6) is -1.06. The second kappa shape index (κ2) is 6.47. The molecule has 0 N–H and O–H groups in total. The smallest absolute Gasteiger partial charge is 0.268 e. The lowest BCUT2D eigenvalue weighted by Gasteiger charge is -2.12. The Morgan fingerprint density at radius 2 is 1.96 bits per heavy atom. The predicted molar refractivity (Wildman–Crippen MR) is 94.0 cm³/mol. The number of nitrogens with zero attached hydrogens (tertiary/aromatic N) is 1. The summed E-state index contributed by atoms with van der Waals surface area (Å²) >= 11 is 9.91. The average Bonchev–Trinajstić information content (AvgIpc) is 2.77. The lowest BCUT2D eigenvalue weighted by atomic mass is 10.2. The van der Waals surface area contributed by atoms with Gasteiger partial charge in [0.05, 0.1) is 15.6 Å². The van der Waals surface area contributed by atoms with Crippen molar-refractivity contribution < 1.29 is 14.0 Å². The largest absolute Gasteiger partial charge is 0.298 e. The molecule has 0 aromatic heterocycles. The average molecular weight is 413 g/mol. The second-order valence-corrected chi connectivity index (χ2v) is 6.99. The monoisotopic (exact) mass is 411 g/mol. The van der Waals surface area contributed by atoms with Gasteiger partial charge in [-0.3, -0.25) is 9.59 Å². The Labute approximate surface area is 149 Å². The third-order valence-corrected chi connectivity index (χ3v) is 4.75. The molecule has 0 radical (unpaired) electrons. The molecular formula is C16H8BrClFNO2S. The molecule has 3 rings (SSSR count). The molecule has 3 nitrogen and oxygen atoms in total. The fourth-order valence-corrected chi connectivity index (χ4v) is 3.50. The summed E-state index contributed by atoms with van der Waals surface area (Å²) in [5.41, 5.74) is 1.04. The predicted octanol–water partition coefficient (Wildman–Crippen LogP) is 5.48. The van der Waals surface area contributed by atoms with Crippen LogP contribution in [-0.4, -0.2) is 11.1 Å². The minimum Gasteiger partial charge on any atom is -0.268 e. The maximum atomic E-state index is 13.2. The normalized spacial score (nSPS) is 16.5. The Hall–Kier alpha value is -1.63. The first-order chi connectivity index (χ1) is 11.0. The van der Waals surface area contributed by atoms with Gasteiger partial charge in [0, 0.05) is 4.47 Å². The van der Waals surface area contributed by atoms with Crippen molar-refractivity contribution in [1.82, 2.24) is 0 Å². The van der Waals surface area contributed by atoms with Crippen LogP contribution in [0, 0.1) is 5.82 Å². The molecule has 2 aromatic rings. The van der Waals surface area contributed by atoms with E-state index in [1.54, 1.807) is 6.08 Å². The van der Waals surface area contributed by atoms with Gasteiger partial charge in [0.2, 0.25) is 0 Å². The number of hydrogen-bond donors (Lipinski definition) is 0. The maximum absolute atomic E-state index is 13.2. The summed E-state index contributed by atoms with van der Waals surface area (Å²) in [6.07, 6.45) is 1.64. The first-order valence-electron chi connectivity index (χ1n) is 6.44. The quantitative estimate of drug-likeness (QED) is 0.613. The van der Waals surface area contributed by atoms with E-state index in [9.17, 15) is 14.0 Å². The number of carbonyl (C=O) groups excluding carboxylic acids is 2. The number of imide groups is 1. The summed E-state index contributed by atoms with van der Waals surface area (Å²) < 4.78 is 14.1. The van der Waals surface area contributed by atoms with E-state index in [-0.39, 0.29) is 10.7 Å². The number of anilines is 1. The molecule has 1 aliphatic heterocycles. The van der Waals surface area contributed by atoms with E-state index in [4.69, 9.17) is 11.6 Å². The van der Waals surface area contributed by atoms with Gasteiger partial charge in [0.15, 0.2) is 0 Å². The number of hydrogen-bond acceptors (Lipinski definition) is 3. The topological polar surface area (TPSA) is 37.4 Å². The Morgan fingerprint density at radius 3 is 2.65 bits per heavy atom. The Balaban J connectivity index is 1.95. The molecule has 0 aliphatic carbocycles. The molecule has 0 bridgehead atoms. The van der Waals surface area contributed by atoms with Gasteiger partial charge < -0.3 is 0 Å². The lowest BCUT2D eigenvalue weighted by molar-refractivity contribution is -0.113. The van der Waals surface area contributed by atoms with Gasteiger partial charge in [-0.15, -0.1) is 0 Å². The molecule has 0 saturated carbocycles. The molecule has 1 saturated heterocycles. The zero-order chi connectivity index (χ0) is 16.6. The number of benzene rings is 2. The van der Waals surface area contributed by atoms with Gasteiger partial charge >= 0.3 is 0 Å². The molecule has 0 spiro atoms. The number of thioether (sulfide) groups is 1. The minimum atomic E-state index is -0.605. The molecular weight excluding hydrogens is 405 g/mol. The van der Waals surface area contributed by atoms with E-state index in [2.05, 4.69) is 15.9 Å². The summed E-state index contributed by atoms with van der Waals surface area (Å²) in [7, 11) is 0. The standard InChI is InChI=1S/C16H8BrClFNO2S/c17-10-3-1-2-9(6-10)7-14-15(21)20(16(22)23-14)11-4-5-13(19)12(18)8-11/h1-8H/b14-7-. The van der Waals surface area contributed by atoms with Gasteiger partial charge in [-0.2, -0.15) is 0 Å². The fourth-order valence-electron chi connectivity index (χ4n) is 2.06. The van der Waals surface area contributed by atoms with Crippen LogP contribution in [0.1, 0.15) is 5.56 Å². The Kier molecular flexibility index (Phi) is 4.57. The third-order valence-electron chi connectivity index (χ3n) is 3.10.